The van der Waals surface area contributed by atoms with E-state index in [2.05, 4.69) is 40.0 Å². The molecule has 1 N–H and O–H groups in total. The lowest BCUT2D eigenvalue weighted by Gasteiger charge is -2.18. The fraction of sp³-hybridized carbons (Fsp3) is 0.500. The van der Waals surface area contributed by atoms with Gasteiger partial charge in [0.25, 0.3) is 0 Å². The Morgan fingerprint density at radius 1 is 1.31 bits per heavy atom. The maximum absolute atomic E-state index is 13.0. The van der Waals surface area contributed by atoms with E-state index >= 15 is 0 Å². The van der Waals surface area contributed by atoms with Crippen molar-refractivity contribution in [3.05, 3.63) is 28.5 Å². The predicted molar refractivity (Wildman–Crippen MR) is 70.4 cm³/mol. The third-order valence-corrected chi connectivity index (χ3v) is 3.18. The van der Waals surface area contributed by atoms with Crippen LogP contribution in [0.15, 0.2) is 22.7 Å². The first-order chi connectivity index (χ1) is 7.67. The van der Waals surface area contributed by atoms with Crippen molar-refractivity contribution in [2.24, 2.45) is 0 Å². The van der Waals surface area contributed by atoms with Crippen LogP contribution in [-0.4, -0.2) is 31.1 Å². The molecule has 0 bridgehead atoms. The Morgan fingerprint density at radius 3 is 2.56 bits per heavy atom. The molecule has 0 aromatic heterocycles. The summed E-state index contributed by atoms with van der Waals surface area (Å²) in [6, 6.07) is 4.98. The average Bonchev–Trinajstić information content (AvgIpc) is 2.29. The van der Waals surface area contributed by atoms with Gasteiger partial charge in [0.2, 0.25) is 0 Å². The van der Waals surface area contributed by atoms with Crippen molar-refractivity contribution in [2.75, 3.05) is 31.5 Å². The van der Waals surface area contributed by atoms with Crippen LogP contribution < -0.4 is 5.32 Å². The first-order valence-electron chi connectivity index (χ1n) is 5.58. The molecule has 2 nitrogen and oxygen atoms in total. The molecule has 0 aliphatic carbocycles. The number of likely N-dealkylation sites (N-methyl/N-ethyl adjacent to an activating group) is 1. The van der Waals surface area contributed by atoms with E-state index in [-0.39, 0.29) is 5.82 Å². The fourth-order valence-electron chi connectivity index (χ4n) is 1.50. The normalized spacial score (nSPS) is 10.8. The van der Waals surface area contributed by atoms with E-state index in [1.165, 1.54) is 6.07 Å². The maximum Gasteiger partial charge on any atom is 0.137 e. The van der Waals surface area contributed by atoms with Gasteiger partial charge in [0.15, 0.2) is 0 Å². The van der Waals surface area contributed by atoms with Gasteiger partial charge in [-0.2, -0.15) is 0 Å². The number of rotatable bonds is 6. The minimum Gasteiger partial charge on any atom is -0.384 e. The van der Waals surface area contributed by atoms with Crippen LogP contribution in [0.4, 0.5) is 10.1 Å². The molecule has 1 rings (SSSR count). The van der Waals surface area contributed by atoms with E-state index in [0.29, 0.717) is 4.47 Å². The summed E-state index contributed by atoms with van der Waals surface area (Å²) < 4.78 is 13.5. The van der Waals surface area contributed by atoms with Crippen molar-refractivity contribution in [3.8, 4) is 0 Å². The Bertz CT molecular complexity index is 327. The van der Waals surface area contributed by atoms with Crippen LogP contribution in [0.25, 0.3) is 0 Å². The molecule has 0 spiro atoms. The smallest absolute Gasteiger partial charge is 0.137 e. The number of hydrogen-bond donors (Lipinski definition) is 1. The monoisotopic (exact) mass is 288 g/mol. The van der Waals surface area contributed by atoms with Crippen LogP contribution in [0.3, 0.4) is 0 Å². The van der Waals surface area contributed by atoms with E-state index in [9.17, 15) is 4.39 Å². The van der Waals surface area contributed by atoms with Gasteiger partial charge in [-0.15, -0.1) is 0 Å². The SMILES string of the molecule is CCN(CC)CCNc1ccc(F)c(Br)c1. The van der Waals surface area contributed by atoms with Gasteiger partial charge in [0.1, 0.15) is 5.82 Å². The quantitative estimate of drug-likeness (QED) is 0.864. The number of hydrogen-bond acceptors (Lipinski definition) is 2. The highest BCUT2D eigenvalue weighted by Crippen LogP contribution is 2.19. The highest BCUT2D eigenvalue weighted by molar-refractivity contribution is 9.10. The minimum atomic E-state index is -0.228. The molecule has 1 aromatic carbocycles. The number of nitrogens with zero attached hydrogens (tertiary/aromatic N) is 1. The molecule has 1 aromatic rings. The highest BCUT2D eigenvalue weighted by Gasteiger charge is 2.01. The van der Waals surface area contributed by atoms with E-state index in [1.807, 2.05) is 0 Å². The Kier molecular flexibility index (Phi) is 5.77. The Hall–Kier alpha value is -0.610. The lowest BCUT2D eigenvalue weighted by atomic mass is 10.3. The lowest BCUT2D eigenvalue weighted by molar-refractivity contribution is 0.316. The van der Waals surface area contributed by atoms with Crippen molar-refractivity contribution in [3.63, 3.8) is 0 Å². The first-order valence-corrected chi connectivity index (χ1v) is 6.38. The molecule has 16 heavy (non-hydrogen) atoms. The number of nitrogens with one attached hydrogen (secondary N) is 1. The zero-order chi connectivity index (χ0) is 12.0. The van der Waals surface area contributed by atoms with Crippen molar-refractivity contribution in [2.45, 2.75) is 13.8 Å². The molecule has 0 amide bonds. The second-order valence-corrected chi connectivity index (χ2v) is 4.44. The van der Waals surface area contributed by atoms with Crippen molar-refractivity contribution >= 4 is 21.6 Å². The topological polar surface area (TPSA) is 15.3 Å². The van der Waals surface area contributed by atoms with E-state index in [1.54, 1.807) is 12.1 Å². The van der Waals surface area contributed by atoms with Gasteiger partial charge in [-0.05, 0) is 47.2 Å². The summed E-state index contributed by atoms with van der Waals surface area (Å²) in [6.07, 6.45) is 0. The van der Waals surface area contributed by atoms with Crippen molar-refractivity contribution in [1.29, 1.82) is 0 Å². The number of benzene rings is 1. The zero-order valence-corrected chi connectivity index (χ0v) is 11.3. The summed E-state index contributed by atoms with van der Waals surface area (Å²) in [5, 5.41) is 3.27. The van der Waals surface area contributed by atoms with Gasteiger partial charge in [0.05, 0.1) is 4.47 Å². The Morgan fingerprint density at radius 2 is 2.00 bits per heavy atom. The first kappa shape index (κ1) is 13.5. The van der Waals surface area contributed by atoms with Gasteiger partial charge in [-0.3, -0.25) is 0 Å². The summed E-state index contributed by atoms with van der Waals surface area (Å²) in [7, 11) is 0. The molecular formula is C12H18BrFN2. The molecule has 4 heteroatoms. The average molecular weight is 289 g/mol. The fourth-order valence-corrected chi connectivity index (χ4v) is 1.88. The second-order valence-electron chi connectivity index (χ2n) is 3.58. The van der Waals surface area contributed by atoms with Crippen LogP contribution in [0.5, 0.6) is 0 Å². The summed E-state index contributed by atoms with van der Waals surface area (Å²) in [5.74, 6) is -0.228. The molecule has 90 valence electrons. The zero-order valence-electron chi connectivity index (χ0n) is 9.76. The van der Waals surface area contributed by atoms with Gasteiger partial charge >= 0.3 is 0 Å². The molecule has 0 fully saturated rings. The maximum atomic E-state index is 13.0. The second kappa shape index (κ2) is 6.86. The lowest BCUT2D eigenvalue weighted by Crippen LogP contribution is -2.28. The molecular weight excluding hydrogens is 271 g/mol. The predicted octanol–water partition coefficient (Wildman–Crippen LogP) is 3.34. The number of anilines is 1. The summed E-state index contributed by atoms with van der Waals surface area (Å²) in [4.78, 5) is 2.34. The molecule has 0 aliphatic rings. The van der Waals surface area contributed by atoms with Crippen LogP contribution in [0.1, 0.15) is 13.8 Å². The standard InChI is InChI=1S/C12H18BrFN2/c1-3-16(4-2)8-7-15-10-5-6-12(14)11(13)9-10/h5-6,9,15H,3-4,7-8H2,1-2H3. The van der Waals surface area contributed by atoms with E-state index in [0.717, 1.165) is 31.9 Å². The Labute approximate surface area is 105 Å². The molecule has 0 radical (unpaired) electrons. The van der Waals surface area contributed by atoms with Gasteiger partial charge < -0.3 is 10.2 Å². The molecule has 0 saturated heterocycles. The summed E-state index contributed by atoms with van der Waals surface area (Å²) in [5.41, 5.74) is 0.945. The van der Waals surface area contributed by atoms with Crippen molar-refractivity contribution < 1.29 is 4.39 Å². The van der Waals surface area contributed by atoms with Gasteiger partial charge in [0, 0.05) is 18.8 Å². The molecule has 0 heterocycles. The minimum absolute atomic E-state index is 0.228. The van der Waals surface area contributed by atoms with Crippen LogP contribution in [-0.2, 0) is 0 Å². The van der Waals surface area contributed by atoms with E-state index < -0.39 is 0 Å². The summed E-state index contributed by atoms with van der Waals surface area (Å²) >= 11 is 3.17. The third-order valence-electron chi connectivity index (χ3n) is 2.57. The van der Waals surface area contributed by atoms with Gasteiger partial charge in [-0.25, -0.2) is 4.39 Å². The van der Waals surface area contributed by atoms with Crippen LogP contribution in [0.2, 0.25) is 0 Å². The van der Waals surface area contributed by atoms with E-state index in [4.69, 9.17) is 0 Å². The number of halogens is 2. The third kappa shape index (κ3) is 4.10. The molecule has 0 atom stereocenters. The Balaban J connectivity index is 2.40. The molecule has 0 aliphatic heterocycles. The molecule has 0 saturated carbocycles. The molecule has 0 unspecified atom stereocenters. The largest absolute Gasteiger partial charge is 0.384 e. The highest BCUT2D eigenvalue weighted by atomic mass is 79.9. The summed E-state index contributed by atoms with van der Waals surface area (Å²) in [6.45, 7) is 8.30. The van der Waals surface area contributed by atoms with Gasteiger partial charge in [-0.1, -0.05) is 13.8 Å². The van der Waals surface area contributed by atoms with Crippen molar-refractivity contribution in [1.82, 2.24) is 4.90 Å². The van der Waals surface area contributed by atoms with Crippen LogP contribution in [0, 0.1) is 5.82 Å². The van der Waals surface area contributed by atoms with Crippen LogP contribution >= 0.6 is 15.9 Å².